The Morgan fingerprint density at radius 1 is 1.32 bits per heavy atom. The number of methoxy groups -OCH3 is 1. The molecule has 0 saturated carbocycles. The third-order valence-corrected chi connectivity index (χ3v) is 4.75. The van der Waals surface area contributed by atoms with E-state index in [0.717, 1.165) is 0 Å². The van der Waals surface area contributed by atoms with Crippen LogP contribution in [0.2, 0.25) is 0 Å². The van der Waals surface area contributed by atoms with Crippen molar-refractivity contribution >= 4 is 15.7 Å². The van der Waals surface area contributed by atoms with Gasteiger partial charge in [-0.15, -0.1) is 4.91 Å². The van der Waals surface area contributed by atoms with Crippen molar-refractivity contribution in [3.63, 3.8) is 0 Å². The van der Waals surface area contributed by atoms with Gasteiger partial charge in [0.15, 0.2) is 5.69 Å². The van der Waals surface area contributed by atoms with Gasteiger partial charge in [-0.1, -0.05) is 0 Å². The quantitative estimate of drug-likeness (QED) is 0.774. The van der Waals surface area contributed by atoms with E-state index in [0.29, 0.717) is 26.3 Å². The highest BCUT2D eigenvalue weighted by molar-refractivity contribution is 7.89. The van der Waals surface area contributed by atoms with Crippen LogP contribution in [0.4, 0.5) is 5.69 Å². The van der Waals surface area contributed by atoms with E-state index in [-0.39, 0.29) is 16.3 Å². The number of nitrogens with zero attached hydrogens (tertiary/aromatic N) is 2. The first kappa shape index (κ1) is 13.9. The Bertz CT molecular complexity index is 566. The first-order valence-corrected chi connectivity index (χ1v) is 7.13. The lowest BCUT2D eigenvalue weighted by Gasteiger charge is -2.26. The van der Waals surface area contributed by atoms with Crippen LogP contribution in [0.5, 0.6) is 5.75 Å². The number of hydrogen-bond acceptors (Lipinski definition) is 6. The summed E-state index contributed by atoms with van der Waals surface area (Å²) in [6, 6.07) is 4.04. The van der Waals surface area contributed by atoms with Crippen molar-refractivity contribution in [1.82, 2.24) is 4.31 Å². The molecule has 8 heteroatoms. The molecule has 1 aliphatic rings. The van der Waals surface area contributed by atoms with E-state index < -0.39 is 10.0 Å². The van der Waals surface area contributed by atoms with Crippen LogP contribution < -0.4 is 4.74 Å². The number of sulfonamides is 1. The van der Waals surface area contributed by atoms with Crippen LogP contribution in [0.1, 0.15) is 0 Å². The highest BCUT2D eigenvalue weighted by atomic mass is 32.2. The number of nitroso groups, excluding NO2 is 1. The molecule has 0 amide bonds. The molecule has 0 spiro atoms. The summed E-state index contributed by atoms with van der Waals surface area (Å²) in [5.41, 5.74) is -0.0307. The van der Waals surface area contributed by atoms with Crippen molar-refractivity contribution < 1.29 is 17.9 Å². The van der Waals surface area contributed by atoms with Gasteiger partial charge in [-0.05, 0) is 23.4 Å². The van der Waals surface area contributed by atoms with Gasteiger partial charge in [-0.3, -0.25) is 0 Å². The molecule has 0 aliphatic carbocycles. The smallest absolute Gasteiger partial charge is 0.243 e. The van der Waals surface area contributed by atoms with Gasteiger partial charge in [0.1, 0.15) is 5.75 Å². The Hall–Kier alpha value is -1.51. The summed E-state index contributed by atoms with van der Waals surface area (Å²) in [6.45, 7) is 1.35. The van der Waals surface area contributed by atoms with Crippen LogP contribution in [0, 0.1) is 4.91 Å². The van der Waals surface area contributed by atoms with E-state index in [1.165, 1.54) is 29.6 Å². The topological polar surface area (TPSA) is 85.3 Å². The zero-order chi connectivity index (χ0) is 13.9. The minimum atomic E-state index is -3.62. The number of morpholine rings is 1. The summed E-state index contributed by atoms with van der Waals surface area (Å²) in [7, 11) is -2.23. The van der Waals surface area contributed by atoms with Crippen molar-refractivity contribution in [1.29, 1.82) is 0 Å². The molecular weight excluding hydrogens is 272 g/mol. The molecule has 0 bridgehead atoms. The minimum absolute atomic E-state index is 0.0307. The Morgan fingerprint density at radius 2 is 2.00 bits per heavy atom. The van der Waals surface area contributed by atoms with E-state index >= 15 is 0 Å². The third-order valence-electron chi connectivity index (χ3n) is 2.86. The number of benzene rings is 1. The van der Waals surface area contributed by atoms with E-state index in [4.69, 9.17) is 9.47 Å². The van der Waals surface area contributed by atoms with Gasteiger partial charge < -0.3 is 9.47 Å². The normalized spacial score (nSPS) is 17.1. The predicted octanol–water partition coefficient (Wildman–Crippen LogP) is 1.11. The fourth-order valence-electron chi connectivity index (χ4n) is 1.84. The first-order chi connectivity index (χ1) is 9.09. The molecule has 1 aromatic carbocycles. The third kappa shape index (κ3) is 2.75. The summed E-state index contributed by atoms with van der Waals surface area (Å²) in [5.74, 6) is 0.246. The molecule has 1 heterocycles. The maximum Gasteiger partial charge on any atom is 0.243 e. The van der Waals surface area contributed by atoms with Crippen LogP contribution in [0.3, 0.4) is 0 Å². The molecule has 19 heavy (non-hydrogen) atoms. The van der Waals surface area contributed by atoms with Gasteiger partial charge in [0, 0.05) is 13.1 Å². The maximum absolute atomic E-state index is 12.3. The summed E-state index contributed by atoms with van der Waals surface area (Å²) >= 11 is 0. The molecule has 1 fully saturated rings. The predicted molar refractivity (Wildman–Crippen MR) is 68.0 cm³/mol. The molecular formula is C11H14N2O5S. The molecule has 2 rings (SSSR count). The summed E-state index contributed by atoms with van der Waals surface area (Å²) < 4.78 is 36.1. The molecule has 0 unspecified atom stereocenters. The van der Waals surface area contributed by atoms with Gasteiger partial charge in [-0.2, -0.15) is 4.31 Å². The monoisotopic (exact) mass is 286 g/mol. The van der Waals surface area contributed by atoms with Crippen LogP contribution in [0.25, 0.3) is 0 Å². The fraction of sp³-hybridized carbons (Fsp3) is 0.455. The number of hydrogen-bond donors (Lipinski definition) is 0. The molecule has 1 aliphatic heterocycles. The fourth-order valence-corrected chi connectivity index (χ4v) is 3.27. The second-order valence-corrected chi connectivity index (χ2v) is 5.88. The van der Waals surface area contributed by atoms with Crippen molar-refractivity contribution in [2.24, 2.45) is 5.18 Å². The van der Waals surface area contributed by atoms with Gasteiger partial charge >= 0.3 is 0 Å². The van der Waals surface area contributed by atoms with Crippen LogP contribution >= 0.6 is 0 Å². The standard InChI is InChI=1S/C11H14N2O5S/c1-17-11-3-2-9(8-10(11)12-14)19(15,16)13-4-6-18-7-5-13/h2-3,8H,4-7H2,1H3. The summed E-state index contributed by atoms with van der Waals surface area (Å²) in [6.07, 6.45) is 0. The lowest BCUT2D eigenvalue weighted by atomic mass is 10.3. The van der Waals surface area contributed by atoms with Crippen molar-refractivity contribution in [2.45, 2.75) is 4.90 Å². The maximum atomic E-state index is 12.3. The Morgan fingerprint density at radius 3 is 2.58 bits per heavy atom. The van der Waals surface area contributed by atoms with Crippen LogP contribution in [0.15, 0.2) is 28.3 Å². The molecule has 1 saturated heterocycles. The van der Waals surface area contributed by atoms with E-state index in [1.807, 2.05) is 0 Å². The molecule has 1 aromatic rings. The van der Waals surface area contributed by atoms with Crippen molar-refractivity contribution in [3.8, 4) is 5.75 Å². The highest BCUT2D eigenvalue weighted by Gasteiger charge is 2.27. The average molecular weight is 286 g/mol. The highest BCUT2D eigenvalue weighted by Crippen LogP contribution is 2.31. The zero-order valence-corrected chi connectivity index (χ0v) is 11.2. The van der Waals surface area contributed by atoms with Gasteiger partial charge in [0.2, 0.25) is 10.0 Å². The molecule has 0 radical (unpaired) electrons. The zero-order valence-electron chi connectivity index (χ0n) is 10.4. The van der Waals surface area contributed by atoms with Gasteiger partial charge in [-0.25, -0.2) is 8.42 Å². The van der Waals surface area contributed by atoms with Crippen molar-refractivity contribution in [3.05, 3.63) is 23.1 Å². The molecule has 0 N–H and O–H groups in total. The van der Waals surface area contributed by atoms with E-state index in [1.54, 1.807) is 0 Å². The van der Waals surface area contributed by atoms with E-state index in [9.17, 15) is 13.3 Å². The molecule has 7 nitrogen and oxygen atoms in total. The van der Waals surface area contributed by atoms with Gasteiger partial charge in [0.05, 0.1) is 25.2 Å². The molecule has 0 atom stereocenters. The van der Waals surface area contributed by atoms with Crippen molar-refractivity contribution in [2.75, 3.05) is 33.4 Å². The lowest BCUT2D eigenvalue weighted by Crippen LogP contribution is -2.40. The van der Waals surface area contributed by atoms with E-state index in [2.05, 4.69) is 5.18 Å². The second-order valence-electron chi connectivity index (χ2n) is 3.94. The van der Waals surface area contributed by atoms with Crippen LogP contribution in [-0.4, -0.2) is 46.1 Å². The second kappa shape index (κ2) is 5.64. The number of ether oxygens (including phenoxy) is 2. The first-order valence-electron chi connectivity index (χ1n) is 5.69. The summed E-state index contributed by atoms with van der Waals surface area (Å²) in [5, 5.41) is 2.78. The van der Waals surface area contributed by atoms with Crippen LogP contribution in [-0.2, 0) is 14.8 Å². The number of rotatable bonds is 4. The Labute approximate surface area is 111 Å². The molecule has 104 valence electrons. The largest absolute Gasteiger partial charge is 0.494 e. The SMILES string of the molecule is COc1ccc(S(=O)(=O)N2CCOCC2)cc1N=O. The Balaban J connectivity index is 2.37. The van der Waals surface area contributed by atoms with Gasteiger partial charge in [0.25, 0.3) is 0 Å². The lowest BCUT2D eigenvalue weighted by molar-refractivity contribution is 0.0730. The molecule has 0 aromatic heterocycles. The minimum Gasteiger partial charge on any atom is -0.494 e. The Kier molecular flexibility index (Phi) is 4.13. The summed E-state index contributed by atoms with van der Waals surface area (Å²) in [4.78, 5) is 10.7. The average Bonchev–Trinajstić information content (AvgIpc) is 2.47.